The zero-order chi connectivity index (χ0) is 7.23. The van der Waals surface area contributed by atoms with E-state index in [1.54, 1.807) is 18.6 Å². The molecule has 0 spiro atoms. The first-order chi connectivity index (χ1) is 4.93. The van der Waals surface area contributed by atoms with Crippen molar-refractivity contribution in [3.8, 4) is 0 Å². The van der Waals surface area contributed by atoms with Gasteiger partial charge in [-0.2, -0.15) is 12.6 Å². The molecule has 3 nitrogen and oxygen atoms in total. The van der Waals surface area contributed by atoms with Gasteiger partial charge < -0.3 is 4.74 Å². The second-order valence-corrected chi connectivity index (χ2v) is 1.93. The molecule has 4 heteroatoms. The summed E-state index contributed by atoms with van der Waals surface area (Å²) in [4.78, 5) is 7.86. The van der Waals surface area contributed by atoms with Gasteiger partial charge in [-0.1, -0.05) is 0 Å². The van der Waals surface area contributed by atoms with Gasteiger partial charge >= 0.3 is 0 Å². The number of hydrogen-bond donors (Lipinski definition) is 1. The number of hydrogen-bond acceptors (Lipinski definition) is 4. The first-order valence-electron chi connectivity index (χ1n) is 2.87. The molecular formula is C6H8N2OS. The van der Waals surface area contributed by atoms with Gasteiger partial charge in [0.2, 0.25) is 0 Å². The first kappa shape index (κ1) is 7.50. The van der Waals surface area contributed by atoms with E-state index in [2.05, 4.69) is 22.6 Å². The summed E-state index contributed by atoms with van der Waals surface area (Å²) in [6.45, 7) is 0.483. The molecule has 1 heterocycles. The van der Waals surface area contributed by atoms with Gasteiger partial charge in [-0.3, -0.25) is 9.97 Å². The minimum atomic E-state index is 0.413. The SMILES string of the molecule is SCOCc1cnccn1. The summed E-state index contributed by atoms with van der Waals surface area (Å²) in [5.41, 5.74) is 0.830. The maximum atomic E-state index is 4.98. The van der Waals surface area contributed by atoms with Crippen LogP contribution in [0.5, 0.6) is 0 Å². The average molecular weight is 156 g/mol. The Balaban J connectivity index is 2.43. The van der Waals surface area contributed by atoms with Crippen molar-refractivity contribution in [1.29, 1.82) is 0 Å². The van der Waals surface area contributed by atoms with Crippen LogP contribution in [0, 0.1) is 0 Å². The molecule has 0 atom stereocenters. The van der Waals surface area contributed by atoms with Gasteiger partial charge in [-0.05, 0) is 0 Å². The lowest BCUT2D eigenvalue weighted by Gasteiger charge is -1.96. The number of aromatic nitrogens is 2. The van der Waals surface area contributed by atoms with E-state index >= 15 is 0 Å². The molecule has 0 fully saturated rings. The van der Waals surface area contributed by atoms with Crippen LogP contribution in [-0.2, 0) is 11.3 Å². The lowest BCUT2D eigenvalue weighted by atomic mass is 10.5. The Morgan fingerprint density at radius 2 is 2.40 bits per heavy atom. The molecule has 0 radical (unpaired) electrons. The Morgan fingerprint density at radius 1 is 1.50 bits per heavy atom. The topological polar surface area (TPSA) is 35.0 Å². The van der Waals surface area contributed by atoms with Crippen molar-refractivity contribution < 1.29 is 4.74 Å². The lowest BCUT2D eigenvalue weighted by Crippen LogP contribution is -1.93. The summed E-state index contributed by atoms with van der Waals surface area (Å²) in [5.74, 6) is 0.413. The summed E-state index contributed by atoms with van der Waals surface area (Å²) < 4.78 is 4.98. The van der Waals surface area contributed by atoms with E-state index in [-0.39, 0.29) is 0 Å². The Bertz CT molecular complexity index is 180. The van der Waals surface area contributed by atoms with E-state index in [9.17, 15) is 0 Å². The number of ether oxygens (including phenoxy) is 1. The van der Waals surface area contributed by atoms with Gasteiger partial charge in [-0.15, -0.1) is 0 Å². The predicted molar refractivity (Wildman–Crippen MR) is 40.7 cm³/mol. The van der Waals surface area contributed by atoms with Crippen LogP contribution in [0.4, 0.5) is 0 Å². The third-order valence-corrected chi connectivity index (χ3v) is 1.14. The summed E-state index contributed by atoms with van der Waals surface area (Å²) in [7, 11) is 0. The fourth-order valence-corrected chi connectivity index (χ4v) is 0.646. The molecule has 0 aliphatic rings. The van der Waals surface area contributed by atoms with Crippen molar-refractivity contribution in [2.75, 3.05) is 5.94 Å². The highest BCUT2D eigenvalue weighted by Crippen LogP contribution is 1.93. The average Bonchev–Trinajstić information content (AvgIpc) is 2.03. The molecule has 0 bridgehead atoms. The van der Waals surface area contributed by atoms with Crippen molar-refractivity contribution in [1.82, 2.24) is 9.97 Å². The first-order valence-corrected chi connectivity index (χ1v) is 3.50. The van der Waals surface area contributed by atoms with Gasteiger partial charge in [0.25, 0.3) is 0 Å². The van der Waals surface area contributed by atoms with E-state index in [0.29, 0.717) is 12.5 Å². The van der Waals surface area contributed by atoms with E-state index in [1.165, 1.54) is 0 Å². The molecule has 0 aliphatic heterocycles. The maximum absolute atomic E-state index is 4.98. The highest BCUT2D eigenvalue weighted by Gasteiger charge is 1.89. The smallest absolute Gasteiger partial charge is 0.0914 e. The van der Waals surface area contributed by atoms with Crippen LogP contribution in [0.25, 0.3) is 0 Å². The summed E-state index contributed by atoms with van der Waals surface area (Å²) >= 11 is 3.88. The molecule has 0 aromatic carbocycles. The van der Waals surface area contributed by atoms with Gasteiger partial charge in [0.15, 0.2) is 0 Å². The zero-order valence-corrected chi connectivity index (χ0v) is 6.29. The van der Waals surface area contributed by atoms with Crippen LogP contribution >= 0.6 is 12.6 Å². The Kier molecular flexibility index (Phi) is 3.18. The van der Waals surface area contributed by atoms with Crippen LogP contribution in [0.15, 0.2) is 18.6 Å². The van der Waals surface area contributed by atoms with Crippen molar-refractivity contribution >= 4 is 12.6 Å². The number of thiol groups is 1. The maximum Gasteiger partial charge on any atom is 0.0914 e. The van der Waals surface area contributed by atoms with Crippen LogP contribution in [-0.4, -0.2) is 15.9 Å². The predicted octanol–water partition coefficient (Wildman–Crippen LogP) is 0.880. The van der Waals surface area contributed by atoms with Crippen molar-refractivity contribution in [3.05, 3.63) is 24.3 Å². The minimum absolute atomic E-state index is 0.413. The molecule has 10 heavy (non-hydrogen) atoms. The Morgan fingerprint density at radius 3 is 3.00 bits per heavy atom. The van der Waals surface area contributed by atoms with Crippen LogP contribution in [0.3, 0.4) is 0 Å². The van der Waals surface area contributed by atoms with Gasteiger partial charge in [0, 0.05) is 12.4 Å². The second kappa shape index (κ2) is 4.24. The highest BCUT2D eigenvalue weighted by atomic mass is 32.1. The Labute approximate surface area is 64.9 Å². The molecule has 0 saturated carbocycles. The summed E-state index contributed by atoms with van der Waals surface area (Å²) in [6, 6.07) is 0. The lowest BCUT2D eigenvalue weighted by molar-refractivity contribution is 0.166. The summed E-state index contributed by atoms with van der Waals surface area (Å²) in [6.07, 6.45) is 4.94. The third-order valence-electron chi connectivity index (χ3n) is 0.958. The quantitative estimate of drug-likeness (QED) is 0.521. The van der Waals surface area contributed by atoms with Crippen LogP contribution in [0.1, 0.15) is 5.69 Å². The molecule has 0 N–H and O–H groups in total. The highest BCUT2D eigenvalue weighted by molar-refractivity contribution is 7.80. The van der Waals surface area contributed by atoms with Crippen LogP contribution < -0.4 is 0 Å². The fraction of sp³-hybridized carbons (Fsp3) is 0.333. The van der Waals surface area contributed by atoms with Crippen molar-refractivity contribution in [3.63, 3.8) is 0 Å². The largest absolute Gasteiger partial charge is 0.365 e. The fourth-order valence-electron chi connectivity index (χ4n) is 0.555. The van der Waals surface area contributed by atoms with E-state index < -0.39 is 0 Å². The number of rotatable bonds is 3. The molecular weight excluding hydrogens is 148 g/mol. The Hall–Kier alpha value is -0.610. The van der Waals surface area contributed by atoms with Gasteiger partial charge in [0.05, 0.1) is 24.4 Å². The molecule has 1 aromatic heterocycles. The standard InChI is InChI=1S/C6H8N2OS/c10-5-9-4-6-3-7-1-2-8-6/h1-3,10H,4-5H2. The normalized spacial score (nSPS) is 9.70. The van der Waals surface area contributed by atoms with Crippen molar-refractivity contribution in [2.24, 2.45) is 0 Å². The molecule has 0 amide bonds. The van der Waals surface area contributed by atoms with Gasteiger partial charge in [-0.25, -0.2) is 0 Å². The van der Waals surface area contributed by atoms with Crippen molar-refractivity contribution in [2.45, 2.75) is 6.61 Å². The minimum Gasteiger partial charge on any atom is -0.365 e. The molecule has 54 valence electrons. The monoisotopic (exact) mass is 156 g/mol. The van der Waals surface area contributed by atoms with E-state index in [1.807, 2.05) is 0 Å². The molecule has 0 aliphatic carbocycles. The molecule has 0 saturated heterocycles. The van der Waals surface area contributed by atoms with Gasteiger partial charge in [0.1, 0.15) is 0 Å². The third kappa shape index (κ3) is 2.33. The molecule has 0 unspecified atom stereocenters. The van der Waals surface area contributed by atoms with E-state index in [4.69, 9.17) is 4.74 Å². The van der Waals surface area contributed by atoms with E-state index in [0.717, 1.165) is 5.69 Å². The molecule has 1 aromatic rings. The number of nitrogens with zero attached hydrogens (tertiary/aromatic N) is 2. The second-order valence-electron chi connectivity index (χ2n) is 1.67. The zero-order valence-electron chi connectivity index (χ0n) is 5.40. The van der Waals surface area contributed by atoms with Crippen LogP contribution in [0.2, 0.25) is 0 Å². The molecule has 1 rings (SSSR count). The summed E-state index contributed by atoms with van der Waals surface area (Å²) in [5, 5.41) is 0.